The Morgan fingerprint density at radius 1 is 1.09 bits per heavy atom. The van der Waals surface area contributed by atoms with E-state index in [0.29, 0.717) is 32.1 Å². The fourth-order valence-corrected chi connectivity index (χ4v) is 9.67. The number of aliphatic hydroxyl groups excluding tert-OH is 2. The van der Waals surface area contributed by atoms with Gasteiger partial charge in [0, 0.05) is 6.42 Å². The zero-order valence-corrected chi connectivity index (χ0v) is 21.3. The molecular formula is C25H42O7S. The molecule has 0 bridgehead atoms. The summed E-state index contributed by atoms with van der Waals surface area (Å²) in [5.41, 5.74) is -0.351. The van der Waals surface area contributed by atoms with Gasteiger partial charge in [-0.25, -0.2) is 0 Å². The number of rotatable bonds is 6. The third-order valence-electron chi connectivity index (χ3n) is 10.6. The Morgan fingerprint density at radius 3 is 2.42 bits per heavy atom. The van der Waals surface area contributed by atoms with Gasteiger partial charge in [-0.2, -0.15) is 8.42 Å². The maximum Gasteiger partial charge on any atom is 0.303 e. The van der Waals surface area contributed by atoms with E-state index < -0.39 is 28.3 Å². The van der Waals surface area contributed by atoms with Crippen LogP contribution in [0.25, 0.3) is 0 Å². The highest BCUT2D eigenvalue weighted by atomic mass is 32.2. The normalized spacial score (nSPS) is 48.4. The largest absolute Gasteiger partial charge is 0.481 e. The van der Waals surface area contributed by atoms with Gasteiger partial charge in [0.1, 0.15) is 0 Å². The zero-order chi connectivity index (χ0) is 24.3. The summed E-state index contributed by atoms with van der Waals surface area (Å²) in [7, 11) is -3.51. The highest BCUT2D eigenvalue weighted by molar-refractivity contribution is 7.86. The van der Waals surface area contributed by atoms with Crippen LogP contribution in [0.2, 0.25) is 0 Å². The lowest BCUT2D eigenvalue weighted by Gasteiger charge is -2.63. The van der Waals surface area contributed by atoms with E-state index in [1.807, 2.05) is 0 Å². The first kappa shape index (κ1) is 25.4. The Hall–Kier alpha value is -0.700. The number of carbonyl (C=O) groups is 1. The molecule has 0 aromatic carbocycles. The minimum absolute atomic E-state index is 0.0451. The molecule has 33 heavy (non-hydrogen) atoms. The van der Waals surface area contributed by atoms with Gasteiger partial charge in [0.15, 0.2) is 0 Å². The predicted molar refractivity (Wildman–Crippen MR) is 124 cm³/mol. The number of carboxylic acid groups (broad SMARTS) is 1. The van der Waals surface area contributed by atoms with Gasteiger partial charge in [0.25, 0.3) is 10.1 Å². The lowest BCUT2D eigenvalue weighted by Crippen LogP contribution is -2.62. The van der Waals surface area contributed by atoms with Crippen LogP contribution < -0.4 is 0 Å². The predicted octanol–water partition coefficient (Wildman–Crippen LogP) is 3.43. The fraction of sp³-hybridized carbons (Fsp3) is 0.960. The first-order chi connectivity index (χ1) is 15.3. The van der Waals surface area contributed by atoms with E-state index in [1.54, 1.807) is 0 Å². The van der Waals surface area contributed by atoms with Gasteiger partial charge in [-0.05, 0) is 97.7 Å². The monoisotopic (exact) mass is 486 g/mol. The Bertz CT molecular complexity index is 859. The minimum atomic E-state index is -3.51. The minimum Gasteiger partial charge on any atom is -0.481 e. The molecule has 7 nitrogen and oxygen atoms in total. The van der Waals surface area contributed by atoms with Crippen LogP contribution in [-0.4, -0.2) is 54.3 Å². The number of fused-ring (bicyclic) bond motifs is 5. The van der Waals surface area contributed by atoms with Crippen LogP contribution in [0.15, 0.2) is 0 Å². The van der Waals surface area contributed by atoms with Crippen molar-refractivity contribution in [2.24, 2.45) is 46.3 Å². The summed E-state index contributed by atoms with van der Waals surface area (Å²) >= 11 is 0. The molecule has 0 heterocycles. The van der Waals surface area contributed by atoms with Gasteiger partial charge in [0.05, 0.1) is 24.6 Å². The first-order valence-corrected chi connectivity index (χ1v) is 14.5. The summed E-state index contributed by atoms with van der Waals surface area (Å²) in [6.45, 7) is 6.60. The molecule has 3 N–H and O–H groups in total. The van der Waals surface area contributed by atoms with E-state index in [2.05, 4.69) is 20.8 Å². The Morgan fingerprint density at radius 2 is 1.79 bits per heavy atom. The van der Waals surface area contributed by atoms with Crippen molar-refractivity contribution >= 4 is 16.1 Å². The van der Waals surface area contributed by atoms with Crippen molar-refractivity contribution in [3.8, 4) is 0 Å². The van der Waals surface area contributed by atoms with Crippen LogP contribution in [-0.2, 0) is 19.1 Å². The van der Waals surface area contributed by atoms with Crippen molar-refractivity contribution < 1.29 is 32.7 Å². The van der Waals surface area contributed by atoms with E-state index in [1.165, 1.54) is 0 Å². The van der Waals surface area contributed by atoms with Crippen molar-refractivity contribution in [3.05, 3.63) is 0 Å². The maximum absolute atomic E-state index is 11.7. The number of carboxylic acids is 1. The molecule has 0 spiro atoms. The van der Waals surface area contributed by atoms with Gasteiger partial charge in [-0.1, -0.05) is 20.8 Å². The molecule has 190 valence electrons. The number of hydrogen-bond donors (Lipinski definition) is 3. The summed E-state index contributed by atoms with van der Waals surface area (Å²) in [5.74, 6) is 0.432. The summed E-state index contributed by atoms with van der Waals surface area (Å²) in [6, 6.07) is 0. The molecule has 0 aliphatic heterocycles. The standard InChI is InChI=1S/C25H42O7S/c1-14(5-8-22(28)29)17-6-7-18-23-19(13-21(27)25(17,18)3)24(2)10-9-16(32-33(4,30)31)11-15(24)12-20(23)26/h14-21,23,26-27H,5-13H2,1-4H3,(H,28,29)/t14-,15?,16-,17-,18?,19?,20?,21+,23?,24+,25-/m1/s1. The van der Waals surface area contributed by atoms with E-state index in [4.69, 9.17) is 9.29 Å². The molecule has 0 aromatic heterocycles. The van der Waals surface area contributed by atoms with Crippen LogP contribution in [0.4, 0.5) is 0 Å². The van der Waals surface area contributed by atoms with Crippen LogP contribution in [0.5, 0.6) is 0 Å². The van der Waals surface area contributed by atoms with Gasteiger partial charge in [-0.15, -0.1) is 0 Å². The van der Waals surface area contributed by atoms with Gasteiger partial charge in [-0.3, -0.25) is 8.98 Å². The zero-order valence-electron chi connectivity index (χ0n) is 20.4. The summed E-state index contributed by atoms with van der Waals surface area (Å²) in [6.07, 6.45) is 6.02. The molecule has 0 saturated heterocycles. The fourth-order valence-electron chi connectivity index (χ4n) is 9.00. The van der Waals surface area contributed by atoms with Gasteiger partial charge < -0.3 is 15.3 Å². The molecule has 0 amide bonds. The molecule has 8 heteroatoms. The number of hydrogen-bond acceptors (Lipinski definition) is 6. The van der Waals surface area contributed by atoms with E-state index in [9.17, 15) is 23.4 Å². The van der Waals surface area contributed by atoms with E-state index in [-0.39, 0.29) is 58.9 Å². The third kappa shape index (κ3) is 4.38. The second-order valence-electron chi connectivity index (χ2n) is 12.2. The molecule has 11 atom stereocenters. The molecule has 5 unspecified atom stereocenters. The number of aliphatic carboxylic acids is 1. The second-order valence-corrected chi connectivity index (χ2v) is 13.8. The SMILES string of the molecule is C[C@H](CCC(=O)O)[C@H]1CCC2C3C(O)CC4C[C@H](OS(C)(=O)=O)CC[C@]4(C)C3C[C@H](O)[C@@]21C. The van der Waals surface area contributed by atoms with Crippen LogP contribution >= 0.6 is 0 Å². The highest BCUT2D eigenvalue weighted by Crippen LogP contribution is 2.68. The molecule has 0 aromatic rings. The highest BCUT2D eigenvalue weighted by Gasteiger charge is 2.65. The molecule has 4 rings (SSSR count). The Kier molecular flexibility index (Phi) is 6.74. The Labute approximate surface area is 198 Å². The van der Waals surface area contributed by atoms with E-state index >= 15 is 0 Å². The average Bonchev–Trinajstić information content (AvgIpc) is 3.05. The lowest BCUT2D eigenvalue weighted by atomic mass is 9.43. The van der Waals surface area contributed by atoms with E-state index in [0.717, 1.165) is 25.5 Å². The van der Waals surface area contributed by atoms with Crippen LogP contribution in [0.1, 0.15) is 78.6 Å². The summed E-state index contributed by atoms with van der Waals surface area (Å²) in [4.78, 5) is 11.1. The lowest BCUT2D eigenvalue weighted by molar-refractivity contribution is -0.206. The smallest absolute Gasteiger partial charge is 0.303 e. The molecule has 4 fully saturated rings. The maximum atomic E-state index is 11.7. The Balaban J connectivity index is 1.56. The summed E-state index contributed by atoms with van der Waals surface area (Å²) < 4.78 is 28.7. The van der Waals surface area contributed by atoms with Crippen molar-refractivity contribution in [3.63, 3.8) is 0 Å². The average molecular weight is 487 g/mol. The van der Waals surface area contributed by atoms with Crippen LogP contribution in [0, 0.1) is 46.3 Å². The van der Waals surface area contributed by atoms with Gasteiger partial charge in [0.2, 0.25) is 0 Å². The molecule has 4 aliphatic carbocycles. The van der Waals surface area contributed by atoms with Crippen LogP contribution in [0.3, 0.4) is 0 Å². The topological polar surface area (TPSA) is 121 Å². The molecule has 4 saturated carbocycles. The summed E-state index contributed by atoms with van der Waals surface area (Å²) in [5, 5.41) is 32.1. The number of aliphatic hydroxyl groups is 2. The van der Waals surface area contributed by atoms with Crippen molar-refractivity contribution in [1.29, 1.82) is 0 Å². The van der Waals surface area contributed by atoms with Crippen molar-refractivity contribution in [2.75, 3.05) is 6.26 Å². The third-order valence-corrected chi connectivity index (χ3v) is 11.2. The molecule has 0 radical (unpaired) electrons. The second kappa shape index (κ2) is 8.75. The van der Waals surface area contributed by atoms with Gasteiger partial charge >= 0.3 is 5.97 Å². The molecule has 4 aliphatic rings. The van der Waals surface area contributed by atoms with Crippen molar-refractivity contribution in [2.45, 2.75) is 96.9 Å². The van der Waals surface area contributed by atoms with Crippen molar-refractivity contribution in [1.82, 2.24) is 0 Å². The first-order valence-electron chi connectivity index (χ1n) is 12.7. The quantitative estimate of drug-likeness (QED) is 0.492. The molecular weight excluding hydrogens is 444 g/mol.